The third-order valence-corrected chi connectivity index (χ3v) is 5.05. The van der Waals surface area contributed by atoms with E-state index in [1.807, 2.05) is 0 Å². The first-order valence-corrected chi connectivity index (χ1v) is 7.54. The minimum atomic E-state index is -3.31. The number of hydrogen-bond acceptors (Lipinski definition) is 3. The second-order valence-electron chi connectivity index (χ2n) is 4.63. The van der Waals surface area contributed by atoms with E-state index in [1.54, 1.807) is 0 Å². The highest BCUT2D eigenvalue weighted by molar-refractivity contribution is 7.88. The lowest BCUT2D eigenvalue weighted by Crippen LogP contribution is -2.31. The Hall–Kier alpha value is -0.980. The van der Waals surface area contributed by atoms with Crippen molar-refractivity contribution in [3.05, 3.63) is 35.6 Å². The summed E-state index contributed by atoms with van der Waals surface area (Å²) in [6.45, 7) is 1.55. The van der Waals surface area contributed by atoms with Crippen LogP contribution < -0.4 is 5.73 Å². The second kappa shape index (κ2) is 5.34. The van der Waals surface area contributed by atoms with Gasteiger partial charge in [0.2, 0.25) is 10.0 Å². The first kappa shape index (κ1) is 13.5. The molecule has 1 heterocycles. The van der Waals surface area contributed by atoms with Crippen LogP contribution in [0.3, 0.4) is 0 Å². The smallest absolute Gasteiger partial charge is 0.218 e. The average Bonchev–Trinajstić information content (AvgIpc) is 2.81. The molecular formula is C12H17FN2O2S. The van der Waals surface area contributed by atoms with Gasteiger partial charge in [-0.3, -0.25) is 0 Å². The zero-order valence-corrected chi connectivity index (χ0v) is 10.9. The first-order chi connectivity index (χ1) is 8.51. The van der Waals surface area contributed by atoms with Gasteiger partial charge in [-0.25, -0.2) is 17.1 Å². The SMILES string of the molecule is NCC1CCN(S(=O)(=O)Cc2ccc(F)cc2)C1. The van der Waals surface area contributed by atoms with Gasteiger partial charge in [-0.1, -0.05) is 12.1 Å². The van der Waals surface area contributed by atoms with Gasteiger partial charge in [-0.2, -0.15) is 0 Å². The molecule has 0 amide bonds. The number of benzene rings is 1. The van der Waals surface area contributed by atoms with Gasteiger partial charge < -0.3 is 5.73 Å². The monoisotopic (exact) mass is 272 g/mol. The number of halogens is 1. The lowest BCUT2D eigenvalue weighted by molar-refractivity contribution is 0.458. The molecule has 1 aliphatic rings. The molecule has 4 nitrogen and oxygen atoms in total. The fourth-order valence-corrected chi connectivity index (χ4v) is 3.74. The molecule has 1 aromatic rings. The van der Waals surface area contributed by atoms with Crippen LogP contribution >= 0.6 is 0 Å². The summed E-state index contributed by atoms with van der Waals surface area (Å²) in [4.78, 5) is 0. The average molecular weight is 272 g/mol. The van der Waals surface area contributed by atoms with Crippen molar-refractivity contribution in [2.75, 3.05) is 19.6 Å². The van der Waals surface area contributed by atoms with Crippen LogP contribution in [0.15, 0.2) is 24.3 Å². The molecule has 1 atom stereocenters. The standard InChI is InChI=1S/C12H17FN2O2S/c13-12-3-1-10(2-4-12)9-18(16,17)15-6-5-11(7-14)8-15/h1-4,11H,5-9,14H2. The van der Waals surface area contributed by atoms with Gasteiger partial charge in [0.05, 0.1) is 5.75 Å². The van der Waals surface area contributed by atoms with Gasteiger partial charge in [0.1, 0.15) is 5.82 Å². The van der Waals surface area contributed by atoms with Crippen LogP contribution in [0.4, 0.5) is 4.39 Å². The van der Waals surface area contributed by atoms with Crippen molar-refractivity contribution in [1.82, 2.24) is 4.31 Å². The van der Waals surface area contributed by atoms with E-state index in [0.29, 0.717) is 25.2 Å². The maximum Gasteiger partial charge on any atom is 0.218 e. The van der Waals surface area contributed by atoms with Gasteiger partial charge >= 0.3 is 0 Å². The van der Waals surface area contributed by atoms with Gasteiger partial charge in [0.15, 0.2) is 0 Å². The summed E-state index contributed by atoms with van der Waals surface area (Å²) in [7, 11) is -3.31. The van der Waals surface area contributed by atoms with E-state index in [9.17, 15) is 12.8 Å². The van der Waals surface area contributed by atoms with Crippen LogP contribution in [0.25, 0.3) is 0 Å². The Bertz CT molecular complexity index is 501. The van der Waals surface area contributed by atoms with Crippen LogP contribution in [-0.4, -0.2) is 32.4 Å². The molecule has 2 N–H and O–H groups in total. The second-order valence-corrected chi connectivity index (χ2v) is 6.60. The largest absolute Gasteiger partial charge is 0.330 e. The van der Waals surface area contributed by atoms with Crippen LogP contribution in [0.2, 0.25) is 0 Å². The Labute approximate surface area is 107 Å². The summed E-state index contributed by atoms with van der Waals surface area (Å²) in [5, 5.41) is 0. The molecule has 1 saturated heterocycles. The minimum absolute atomic E-state index is 0.0788. The van der Waals surface area contributed by atoms with E-state index in [4.69, 9.17) is 5.73 Å². The molecule has 0 saturated carbocycles. The predicted molar refractivity (Wildman–Crippen MR) is 67.8 cm³/mol. The summed E-state index contributed by atoms with van der Waals surface area (Å²) in [5.41, 5.74) is 6.15. The lowest BCUT2D eigenvalue weighted by Gasteiger charge is -2.16. The molecule has 6 heteroatoms. The Balaban J connectivity index is 2.06. The van der Waals surface area contributed by atoms with Crippen LogP contribution in [0.1, 0.15) is 12.0 Å². The maximum atomic E-state index is 12.7. The fraction of sp³-hybridized carbons (Fsp3) is 0.500. The molecule has 2 rings (SSSR count). The molecule has 0 radical (unpaired) electrons. The third kappa shape index (κ3) is 3.07. The molecule has 100 valence electrons. The first-order valence-electron chi connectivity index (χ1n) is 5.93. The molecule has 0 aliphatic carbocycles. The Morgan fingerprint density at radius 1 is 1.33 bits per heavy atom. The van der Waals surface area contributed by atoms with Crippen molar-refractivity contribution in [2.24, 2.45) is 11.7 Å². The molecule has 0 aromatic heterocycles. The summed E-state index contributed by atoms with van der Waals surface area (Å²) in [6, 6.07) is 5.56. The Morgan fingerprint density at radius 3 is 2.56 bits per heavy atom. The molecule has 0 spiro atoms. The molecule has 0 bridgehead atoms. The van der Waals surface area contributed by atoms with Gasteiger partial charge in [0.25, 0.3) is 0 Å². The number of nitrogens with two attached hydrogens (primary N) is 1. The zero-order valence-electron chi connectivity index (χ0n) is 10.0. The van der Waals surface area contributed by atoms with Crippen molar-refractivity contribution in [3.63, 3.8) is 0 Å². The summed E-state index contributed by atoms with van der Waals surface area (Å²) < 4.78 is 38.5. The fourth-order valence-electron chi connectivity index (χ4n) is 2.12. The van der Waals surface area contributed by atoms with Crippen LogP contribution in [0.5, 0.6) is 0 Å². The third-order valence-electron chi connectivity index (χ3n) is 3.24. The van der Waals surface area contributed by atoms with E-state index >= 15 is 0 Å². The van der Waals surface area contributed by atoms with E-state index in [2.05, 4.69) is 0 Å². The lowest BCUT2D eigenvalue weighted by atomic mass is 10.1. The quantitative estimate of drug-likeness (QED) is 0.887. The summed E-state index contributed by atoms with van der Waals surface area (Å²) in [5.74, 6) is -0.182. The number of hydrogen-bond donors (Lipinski definition) is 1. The zero-order chi connectivity index (χ0) is 13.2. The van der Waals surface area contributed by atoms with E-state index in [0.717, 1.165) is 6.42 Å². The number of nitrogens with zero attached hydrogens (tertiary/aromatic N) is 1. The van der Waals surface area contributed by atoms with Gasteiger partial charge in [-0.15, -0.1) is 0 Å². The van der Waals surface area contributed by atoms with E-state index in [1.165, 1.54) is 28.6 Å². The summed E-state index contributed by atoms with van der Waals surface area (Å²) >= 11 is 0. The highest BCUT2D eigenvalue weighted by atomic mass is 32.2. The Morgan fingerprint density at radius 2 is 2.00 bits per heavy atom. The highest BCUT2D eigenvalue weighted by Crippen LogP contribution is 2.21. The predicted octanol–water partition coefficient (Wildman–Crippen LogP) is 0.936. The topological polar surface area (TPSA) is 63.4 Å². The van der Waals surface area contributed by atoms with Crippen molar-refractivity contribution in [3.8, 4) is 0 Å². The molecule has 1 fully saturated rings. The van der Waals surface area contributed by atoms with E-state index in [-0.39, 0.29) is 17.5 Å². The Kier molecular flexibility index (Phi) is 3.99. The summed E-state index contributed by atoms with van der Waals surface area (Å²) in [6.07, 6.45) is 0.819. The van der Waals surface area contributed by atoms with Crippen LogP contribution in [-0.2, 0) is 15.8 Å². The van der Waals surface area contributed by atoms with Crippen molar-refractivity contribution in [2.45, 2.75) is 12.2 Å². The molecule has 1 unspecified atom stereocenters. The maximum absolute atomic E-state index is 12.7. The molecule has 1 aromatic carbocycles. The van der Waals surface area contributed by atoms with Crippen molar-refractivity contribution in [1.29, 1.82) is 0 Å². The van der Waals surface area contributed by atoms with Crippen molar-refractivity contribution < 1.29 is 12.8 Å². The normalized spacial score (nSPS) is 21.3. The van der Waals surface area contributed by atoms with Gasteiger partial charge in [0, 0.05) is 13.1 Å². The van der Waals surface area contributed by atoms with Crippen molar-refractivity contribution >= 4 is 10.0 Å². The van der Waals surface area contributed by atoms with Gasteiger partial charge in [-0.05, 0) is 36.6 Å². The van der Waals surface area contributed by atoms with E-state index < -0.39 is 10.0 Å². The van der Waals surface area contributed by atoms with Crippen LogP contribution in [0, 0.1) is 11.7 Å². The molecular weight excluding hydrogens is 255 g/mol. The minimum Gasteiger partial charge on any atom is -0.330 e. The highest BCUT2D eigenvalue weighted by Gasteiger charge is 2.30. The number of rotatable bonds is 4. The molecule has 1 aliphatic heterocycles. The molecule has 18 heavy (non-hydrogen) atoms. The number of sulfonamides is 1.